The molecule has 20 heteroatoms. The maximum atomic E-state index is 13.4. The summed E-state index contributed by atoms with van der Waals surface area (Å²) in [4.78, 5) is 98.5. The van der Waals surface area contributed by atoms with Crippen molar-refractivity contribution in [2.75, 3.05) is 11.9 Å². The van der Waals surface area contributed by atoms with Crippen molar-refractivity contribution in [1.82, 2.24) is 10.6 Å². The summed E-state index contributed by atoms with van der Waals surface area (Å²) in [6, 6.07) is 10.1. The summed E-state index contributed by atoms with van der Waals surface area (Å²) in [7, 11) is 0. The fraction of sp³-hybridized carbons (Fsp3) is 0.667. The Kier molecular flexibility index (Phi) is 32.6. The maximum absolute atomic E-state index is 13.4. The quantitative estimate of drug-likeness (QED) is 0.0183. The first-order valence-corrected chi connectivity index (χ1v) is 28.6. The van der Waals surface area contributed by atoms with Crippen molar-refractivity contribution in [2.45, 2.75) is 216 Å². The third kappa shape index (κ3) is 27.0. The summed E-state index contributed by atoms with van der Waals surface area (Å²) in [5.74, 6) is -3.16. The van der Waals surface area contributed by atoms with E-state index in [2.05, 4.69) is 43.6 Å². The second kappa shape index (κ2) is 37.1. The normalized spacial score (nSPS) is 17.8. The molecule has 0 radical (unpaired) electrons. The van der Waals surface area contributed by atoms with Crippen LogP contribution in [0.4, 0.5) is 10.5 Å². The number of primary amides is 1. The number of ether oxygens (including phenoxy) is 4. The number of anilines is 1. The molecule has 1 heterocycles. The molecule has 1 fully saturated rings. The first-order chi connectivity index (χ1) is 37.7. The number of esters is 2. The van der Waals surface area contributed by atoms with Gasteiger partial charge < -0.3 is 61.1 Å². The van der Waals surface area contributed by atoms with Crippen LogP contribution in [0.1, 0.15) is 187 Å². The largest absolute Gasteiger partial charge is 0.479 e. The molecular weight excluding hydrogens is 1030 g/mol. The number of hydrogen-bond donors (Lipinski definition) is 8. The Morgan fingerprint density at radius 1 is 0.637 bits per heavy atom. The van der Waals surface area contributed by atoms with E-state index in [1.807, 2.05) is 13.8 Å². The number of carboxylic acids is 1. The van der Waals surface area contributed by atoms with Gasteiger partial charge in [-0.2, -0.15) is 0 Å². The molecule has 3 rings (SSSR count). The minimum atomic E-state index is -1.86. The van der Waals surface area contributed by atoms with E-state index in [0.29, 0.717) is 48.8 Å². The zero-order valence-electron chi connectivity index (χ0n) is 49.0. The van der Waals surface area contributed by atoms with Crippen LogP contribution in [0.3, 0.4) is 0 Å². The second-order valence-electron chi connectivity index (χ2n) is 22.6. The van der Waals surface area contributed by atoms with E-state index in [9.17, 15) is 58.8 Å². The van der Waals surface area contributed by atoms with Gasteiger partial charge in [-0.1, -0.05) is 139 Å². The molecular formula is C60H94N4O16. The topological polar surface area (TPSA) is 317 Å². The average molecular weight is 1130 g/mol. The number of hydrogen-bond acceptors (Lipinski definition) is 15. The van der Waals surface area contributed by atoms with E-state index >= 15 is 0 Å². The number of aliphatic hydroxyl groups excluding tert-OH is 3. The van der Waals surface area contributed by atoms with Crippen molar-refractivity contribution in [3.8, 4) is 5.75 Å². The van der Waals surface area contributed by atoms with E-state index < -0.39 is 54.7 Å². The monoisotopic (exact) mass is 1130 g/mol. The van der Waals surface area contributed by atoms with Crippen LogP contribution in [-0.2, 0) is 56.2 Å². The third-order valence-corrected chi connectivity index (χ3v) is 13.4. The number of ketones is 2. The van der Waals surface area contributed by atoms with Crippen LogP contribution >= 0.6 is 0 Å². The van der Waals surface area contributed by atoms with Gasteiger partial charge in [0.25, 0.3) is 0 Å². The van der Waals surface area contributed by atoms with Gasteiger partial charge in [0.15, 0.2) is 17.7 Å². The molecule has 80 heavy (non-hydrogen) atoms. The lowest BCUT2D eigenvalue weighted by molar-refractivity contribution is -0.271. The molecule has 450 valence electrons. The lowest BCUT2D eigenvalue weighted by atomic mass is 9.89. The summed E-state index contributed by atoms with van der Waals surface area (Å²) in [5, 5.41) is 47.9. The minimum Gasteiger partial charge on any atom is -0.479 e. The number of nitrogens with two attached hydrogens (primary N) is 1. The summed E-state index contributed by atoms with van der Waals surface area (Å²) in [6.45, 7) is 19.8. The van der Waals surface area contributed by atoms with Crippen LogP contribution in [0.2, 0.25) is 0 Å². The Labute approximate surface area is 473 Å². The first-order valence-electron chi connectivity index (χ1n) is 28.6. The number of aliphatic hydroxyl groups is 3. The Morgan fingerprint density at radius 3 is 1.73 bits per heavy atom. The molecule has 4 amide bonds. The van der Waals surface area contributed by atoms with Crippen molar-refractivity contribution >= 4 is 53.0 Å². The third-order valence-electron chi connectivity index (χ3n) is 13.4. The highest BCUT2D eigenvalue weighted by molar-refractivity contribution is 5.99. The molecule has 0 bridgehead atoms. The van der Waals surface area contributed by atoms with Gasteiger partial charge in [0.2, 0.25) is 18.1 Å². The molecule has 0 aliphatic carbocycles. The van der Waals surface area contributed by atoms with E-state index in [1.54, 1.807) is 58.0 Å². The van der Waals surface area contributed by atoms with Crippen molar-refractivity contribution in [3.05, 3.63) is 59.2 Å². The zero-order chi connectivity index (χ0) is 60.1. The Bertz CT molecular complexity index is 2250. The number of nitrogens with one attached hydrogen (secondary N) is 3. The van der Waals surface area contributed by atoms with Gasteiger partial charge in [-0.3, -0.25) is 28.8 Å². The van der Waals surface area contributed by atoms with Gasteiger partial charge in [-0.15, -0.1) is 0 Å². The van der Waals surface area contributed by atoms with E-state index in [1.165, 1.54) is 18.6 Å². The maximum Gasteiger partial charge on any atom is 0.335 e. The van der Waals surface area contributed by atoms with Gasteiger partial charge in [0, 0.05) is 37.4 Å². The number of Topliss-reactive ketones (excluding diaryl/α,β-unsaturated/α-hetero) is 2. The van der Waals surface area contributed by atoms with Gasteiger partial charge in [0.1, 0.15) is 37.3 Å². The number of carboxylic acid groups (broad SMARTS) is 1. The highest BCUT2D eigenvalue weighted by Gasteiger charge is 2.48. The van der Waals surface area contributed by atoms with Crippen LogP contribution in [0, 0.1) is 35.5 Å². The number of unbranched alkanes of at least 4 members (excludes halogenated alkanes) is 6. The summed E-state index contributed by atoms with van der Waals surface area (Å²) < 4.78 is 21.4. The molecule has 1 aliphatic rings. The smallest absolute Gasteiger partial charge is 0.335 e. The van der Waals surface area contributed by atoms with Crippen molar-refractivity contribution in [3.63, 3.8) is 0 Å². The molecule has 7 atom stereocenters. The number of benzene rings is 2. The van der Waals surface area contributed by atoms with E-state index in [-0.39, 0.29) is 97.0 Å². The van der Waals surface area contributed by atoms with Crippen molar-refractivity contribution in [1.29, 1.82) is 0 Å². The van der Waals surface area contributed by atoms with Crippen LogP contribution in [-0.4, -0.2) is 111 Å². The van der Waals surface area contributed by atoms with Crippen LogP contribution in [0.5, 0.6) is 5.75 Å². The summed E-state index contributed by atoms with van der Waals surface area (Å²) in [6.07, 6.45) is 2.37. The molecule has 1 aliphatic heterocycles. The molecule has 0 saturated carbocycles. The standard InChI is InChI=1S/C32H52N4O6.C28H42O10/c1-21(2)11-8-7-9-13-28(38)36-29(22(3)4)27(37)19-25(12-10-18-34-32(33)41)30(39)35-26-16-14-24(15-17-26)20-42-31(40)23(5)6;1-16(2)10-8-6-5-7-9-11-20(29)19-14-18(15-36-27(35)17(3)4)12-13-21(19)37-28-24(32)22(30)23(31)25(38-28)26(33)34/h14-17,21-23,25,29H,7-13,18-20H2,1-6H3,(H,35,39)(H,36,38)(H3,33,34,41);12-14,16-17,22-25,28,30-32H,5-11,15H2,1-4H3,(H,33,34)/t25-,29+;22-,23-,24+,25-,28-/m10/s1. The average Bonchev–Trinajstić information content (AvgIpc) is 3.39. The summed E-state index contributed by atoms with van der Waals surface area (Å²) >= 11 is 0. The molecule has 2 aromatic carbocycles. The molecule has 1 saturated heterocycles. The molecule has 2 aromatic rings. The molecule has 0 spiro atoms. The van der Waals surface area contributed by atoms with E-state index in [4.69, 9.17) is 24.7 Å². The Balaban J connectivity index is 0.000000549. The van der Waals surface area contributed by atoms with Crippen LogP contribution in [0.15, 0.2) is 42.5 Å². The van der Waals surface area contributed by atoms with Crippen LogP contribution < -0.4 is 26.4 Å². The number of carbonyl (C=O) groups excluding carboxylic acids is 7. The van der Waals surface area contributed by atoms with Gasteiger partial charge in [0.05, 0.1) is 23.4 Å². The van der Waals surface area contributed by atoms with E-state index in [0.717, 1.165) is 56.9 Å². The number of amides is 4. The second-order valence-corrected chi connectivity index (χ2v) is 22.6. The lowest BCUT2D eigenvalue weighted by Gasteiger charge is -2.38. The Hall–Kier alpha value is -5.96. The predicted octanol–water partition coefficient (Wildman–Crippen LogP) is 8.32. The Morgan fingerprint density at radius 2 is 1.18 bits per heavy atom. The molecule has 0 unspecified atom stereocenters. The number of rotatable bonds is 35. The fourth-order valence-electron chi connectivity index (χ4n) is 8.47. The first kappa shape index (κ1) is 70.1. The SMILES string of the molecule is CC(C)CCCCCC(=O)N[C@H](C(=O)C[C@@H](CCCNC(N)=O)C(=O)Nc1ccc(COC(=O)C(C)C)cc1)C(C)C.CC(C)CCCCCCCC(=O)c1cc(COC(=O)C(C)C)ccc1O[C@H]1O[C@H](C(=O)O)[C@@H](O)[C@H](O)[C@H]1O. The summed E-state index contributed by atoms with van der Waals surface area (Å²) in [5.41, 5.74) is 7.18. The number of aliphatic carboxylic acids is 1. The fourth-order valence-corrected chi connectivity index (χ4v) is 8.47. The van der Waals surface area contributed by atoms with Gasteiger partial charge in [-0.25, -0.2) is 9.59 Å². The number of carbonyl (C=O) groups is 8. The molecule has 9 N–H and O–H groups in total. The highest BCUT2D eigenvalue weighted by Crippen LogP contribution is 2.30. The van der Waals surface area contributed by atoms with Gasteiger partial charge in [-0.05, 0) is 78.8 Å². The predicted molar refractivity (Wildman–Crippen MR) is 302 cm³/mol. The molecule has 0 aromatic heterocycles. The zero-order valence-corrected chi connectivity index (χ0v) is 49.0. The van der Waals surface area contributed by atoms with Crippen molar-refractivity contribution < 1.29 is 77.7 Å². The molecule has 20 nitrogen and oxygen atoms in total. The van der Waals surface area contributed by atoms with Gasteiger partial charge >= 0.3 is 23.9 Å². The minimum absolute atomic E-state index is 0.0163. The van der Waals surface area contributed by atoms with Crippen LogP contribution in [0.25, 0.3) is 0 Å². The number of urea groups is 1. The van der Waals surface area contributed by atoms with Crippen molar-refractivity contribution in [2.24, 2.45) is 41.2 Å². The highest BCUT2D eigenvalue weighted by atomic mass is 16.7. The lowest BCUT2D eigenvalue weighted by Crippen LogP contribution is -2.61.